The number of amides is 2. The van der Waals surface area contributed by atoms with Gasteiger partial charge in [-0.1, -0.05) is 12.8 Å². The molecule has 2 heterocycles. The molecule has 3 fully saturated rings. The standard InChI is InChI=1S/C15H24N2O3/c18-10-11-5-6-16(8-11)15(20)12-7-14(19)17(9-12)13-3-1-2-4-13/h11-13,18H,1-10H2. The lowest BCUT2D eigenvalue weighted by Gasteiger charge is -2.25. The number of rotatable bonds is 3. The van der Waals surface area contributed by atoms with Crippen molar-refractivity contribution in [3.63, 3.8) is 0 Å². The van der Waals surface area contributed by atoms with Crippen molar-refractivity contribution in [2.75, 3.05) is 26.2 Å². The van der Waals surface area contributed by atoms with E-state index in [0.717, 1.165) is 25.8 Å². The van der Waals surface area contributed by atoms with Gasteiger partial charge < -0.3 is 14.9 Å². The Bertz CT molecular complexity index is 393. The van der Waals surface area contributed by atoms with E-state index in [9.17, 15) is 9.59 Å². The molecular formula is C15H24N2O3. The molecule has 2 unspecified atom stereocenters. The molecule has 0 bridgehead atoms. The smallest absolute Gasteiger partial charge is 0.228 e. The van der Waals surface area contributed by atoms with Crippen LogP contribution in [0, 0.1) is 11.8 Å². The summed E-state index contributed by atoms with van der Waals surface area (Å²) in [5.41, 5.74) is 0. The Morgan fingerprint density at radius 2 is 1.95 bits per heavy atom. The minimum atomic E-state index is -0.152. The molecule has 0 radical (unpaired) electrons. The van der Waals surface area contributed by atoms with Gasteiger partial charge in [-0.25, -0.2) is 0 Å². The Kier molecular flexibility index (Phi) is 3.96. The highest BCUT2D eigenvalue weighted by molar-refractivity contribution is 5.89. The predicted octanol–water partition coefficient (Wildman–Crippen LogP) is 0.618. The molecule has 1 aliphatic carbocycles. The summed E-state index contributed by atoms with van der Waals surface area (Å²) in [6.07, 6.45) is 5.88. The number of likely N-dealkylation sites (tertiary alicyclic amines) is 2. The molecule has 5 heteroatoms. The summed E-state index contributed by atoms with van der Waals surface area (Å²) in [7, 11) is 0. The summed E-state index contributed by atoms with van der Waals surface area (Å²) in [6, 6.07) is 0.379. The van der Waals surface area contributed by atoms with Crippen LogP contribution in [0.1, 0.15) is 38.5 Å². The van der Waals surface area contributed by atoms with Gasteiger partial charge in [-0.3, -0.25) is 9.59 Å². The first-order valence-electron chi connectivity index (χ1n) is 7.88. The van der Waals surface area contributed by atoms with Gasteiger partial charge in [0.1, 0.15) is 0 Å². The Labute approximate surface area is 119 Å². The second-order valence-corrected chi connectivity index (χ2v) is 6.51. The van der Waals surface area contributed by atoms with Crippen LogP contribution in [0.2, 0.25) is 0 Å². The van der Waals surface area contributed by atoms with Crippen LogP contribution in [-0.4, -0.2) is 59.0 Å². The van der Waals surface area contributed by atoms with E-state index < -0.39 is 0 Å². The molecular weight excluding hydrogens is 256 g/mol. The van der Waals surface area contributed by atoms with Gasteiger partial charge >= 0.3 is 0 Å². The summed E-state index contributed by atoms with van der Waals surface area (Å²) in [5, 5.41) is 9.16. The van der Waals surface area contributed by atoms with Crippen molar-refractivity contribution in [2.45, 2.75) is 44.6 Å². The lowest BCUT2D eigenvalue weighted by Crippen LogP contribution is -2.38. The van der Waals surface area contributed by atoms with Gasteiger partial charge in [-0.15, -0.1) is 0 Å². The van der Waals surface area contributed by atoms with E-state index >= 15 is 0 Å². The van der Waals surface area contributed by atoms with Gasteiger partial charge in [0.25, 0.3) is 0 Å². The maximum Gasteiger partial charge on any atom is 0.228 e. The monoisotopic (exact) mass is 280 g/mol. The second kappa shape index (κ2) is 5.72. The zero-order valence-corrected chi connectivity index (χ0v) is 12.0. The molecule has 3 aliphatic rings. The fourth-order valence-electron chi connectivity index (χ4n) is 3.91. The summed E-state index contributed by atoms with van der Waals surface area (Å²) >= 11 is 0. The molecule has 2 saturated heterocycles. The predicted molar refractivity (Wildman–Crippen MR) is 73.8 cm³/mol. The molecule has 5 nitrogen and oxygen atoms in total. The van der Waals surface area contributed by atoms with E-state index in [2.05, 4.69) is 0 Å². The quantitative estimate of drug-likeness (QED) is 0.824. The molecule has 20 heavy (non-hydrogen) atoms. The average Bonchev–Trinajstić information content (AvgIpc) is 3.17. The maximum absolute atomic E-state index is 12.5. The highest BCUT2D eigenvalue weighted by atomic mass is 16.3. The maximum atomic E-state index is 12.5. The molecule has 0 spiro atoms. The first kappa shape index (κ1) is 13.9. The number of hydrogen-bond donors (Lipinski definition) is 1. The van der Waals surface area contributed by atoms with E-state index in [0.29, 0.717) is 25.6 Å². The molecule has 0 aromatic carbocycles. The SMILES string of the molecule is O=C(C1CC(=O)N(C2CCCC2)C1)N1CCC(CO)C1. The molecule has 3 rings (SSSR count). The summed E-state index contributed by atoms with van der Waals surface area (Å²) in [4.78, 5) is 28.4. The minimum absolute atomic E-state index is 0.120. The molecule has 2 amide bonds. The fourth-order valence-corrected chi connectivity index (χ4v) is 3.91. The van der Waals surface area contributed by atoms with Gasteiger partial charge in [0.15, 0.2) is 0 Å². The molecule has 2 atom stereocenters. The second-order valence-electron chi connectivity index (χ2n) is 6.51. The summed E-state index contributed by atoms with van der Waals surface area (Å²) in [5.74, 6) is 0.352. The van der Waals surface area contributed by atoms with Crippen molar-refractivity contribution in [3.05, 3.63) is 0 Å². The molecule has 0 aromatic rings. The first-order valence-corrected chi connectivity index (χ1v) is 7.88. The summed E-state index contributed by atoms with van der Waals surface area (Å²) in [6.45, 7) is 2.16. The Hall–Kier alpha value is -1.10. The van der Waals surface area contributed by atoms with Crippen LogP contribution in [0.25, 0.3) is 0 Å². The van der Waals surface area contributed by atoms with Crippen molar-refractivity contribution in [3.8, 4) is 0 Å². The van der Waals surface area contributed by atoms with E-state index in [4.69, 9.17) is 5.11 Å². The number of carbonyl (C=O) groups excluding carboxylic acids is 2. The number of carbonyl (C=O) groups is 2. The van der Waals surface area contributed by atoms with Crippen LogP contribution in [0.3, 0.4) is 0 Å². The van der Waals surface area contributed by atoms with Crippen LogP contribution >= 0.6 is 0 Å². The van der Waals surface area contributed by atoms with Crippen LogP contribution in [0.15, 0.2) is 0 Å². The van der Waals surface area contributed by atoms with Crippen LogP contribution in [-0.2, 0) is 9.59 Å². The number of aliphatic hydroxyl groups is 1. The third-order valence-electron chi connectivity index (χ3n) is 5.13. The van der Waals surface area contributed by atoms with E-state index in [1.54, 1.807) is 0 Å². The highest BCUT2D eigenvalue weighted by Crippen LogP contribution is 2.31. The topological polar surface area (TPSA) is 60.9 Å². The minimum Gasteiger partial charge on any atom is -0.396 e. The fraction of sp³-hybridized carbons (Fsp3) is 0.867. The van der Waals surface area contributed by atoms with Crippen LogP contribution in [0.5, 0.6) is 0 Å². The molecule has 112 valence electrons. The van der Waals surface area contributed by atoms with Gasteiger partial charge in [-0.05, 0) is 19.3 Å². The van der Waals surface area contributed by atoms with Crippen LogP contribution < -0.4 is 0 Å². The molecule has 0 aromatic heterocycles. The Balaban J connectivity index is 1.58. The molecule has 2 aliphatic heterocycles. The van der Waals surface area contributed by atoms with Gasteiger partial charge in [0.05, 0.1) is 5.92 Å². The summed E-state index contributed by atoms with van der Waals surface area (Å²) < 4.78 is 0. The number of aliphatic hydroxyl groups excluding tert-OH is 1. The first-order chi connectivity index (χ1) is 9.69. The highest BCUT2D eigenvalue weighted by Gasteiger charge is 2.41. The van der Waals surface area contributed by atoms with Crippen molar-refractivity contribution < 1.29 is 14.7 Å². The molecule has 1 N–H and O–H groups in total. The normalized spacial score (nSPS) is 31.6. The average molecular weight is 280 g/mol. The van der Waals surface area contributed by atoms with Gasteiger partial charge in [-0.2, -0.15) is 0 Å². The lowest BCUT2D eigenvalue weighted by atomic mass is 10.1. The van der Waals surface area contributed by atoms with E-state index in [-0.39, 0.29) is 30.3 Å². The lowest BCUT2D eigenvalue weighted by molar-refractivity contribution is -0.135. The molecule has 1 saturated carbocycles. The Morgan fingerprint density at radius 1 is 1.20 bits per heavy atom. The van der Waals surface area contributed by atoms with E-state index in [1.165, 1.54) is 12.8 Å². The van der Waals surface area contributed by atoms with Gasteiger partial charge in [0.2, 0.25) is 11.8 Å². The Morgan fingerprint density at radius 3 is 2.60 bits per heavy atom. The number of nitrogens with zero attached hydrogens (tertiary/aromatic N) is 2. The van der Waals surface area contributed by atoms with Gasteiger partial charge in [0, 0.05) is 44.6 Å². The largest absolute Gasteiger partial charge is 0.396 e. The van der Waals surface area contributed by atoms with Crippen molar-refractivity contribution >= 4 is 11.8 Å². The third-order valence-corrected chi connectivity index (χ3v) is 5.13. The van der Waals surface area contributed by atoms with Crippen molar-refractivity contribution in [1.82, 2.24) is 9.80 Å². The zero-order valence-electron chi connectivity index (χ0n) is 12.0. The number of hydrogen-bond acceptors (Lipinski definition) is 3. The van der Waals surface area contributed by atoms with E-state index in [1.807, 2.05) is 9.80 Å². The van der Waals surface area contributed by atoms with Crippen LogP contribution in [0.4, 0.5) is 0 Å². The van der Waals surface area contributed by atoms with Crippen molar-refractivity contribution in [2.24, 2.45) is 11.8 Å². The van der Waals surface area contributed by atoms with Crippen molar-refractivity contribution in [1.29, 1.82) is 0 Å². The zero-order chi connectivity index (χ0) is 14.1. The third kappa shape index (κ3) is 2.55.